The van der Waals surface area contributed by atoms with Crippen LogP contribution in [-0.4, -0.2) is 12.1 Å². The number of anilines is 2. The van der Waals surface area contributed by atoms with Gasteiger partial charge < -0.3 is 10.1 Å². The summed E-state index contributed by atoms with van der Waals surface area (Å²) in [4.78, 5) is 5.80. The highest BCUT2D eigenvalue weighted by Gasteiger charge is 2.11. The quantitative estimate of drug-likeness (QED) is 0.600. The van der Waals surface area contributed by atoms with Crippen LogP contribution < -0.4 is 10.1 Å². The Balaban J connectivity index is 1.88. The highest BCUT2D eigenvalue weighted by Crippen LogP contribution is 2.34. The van der Waals surface area contributed by atoms with Gasteiger partial charge in [-0.2, -0.15) is 0 Å². The number of ether oxygens (including phenoxy) is 1. The Hall–Kier alpha value is -1.75. The Morgan fingerprint density at radius 3 is 2.48 bits per heavy atom. The van der Waals surface area contributed by atoms with E-state index in [-0.39, 0.29) is 0 Å². The summed E-state index contributed by atoms with van der Waals surface area (Å²) in [5, 5.41) is 5.21. The van der Waals surface area contributed by atoms with Crippen LogP contribution in [0.2, 0.25) is 10.0 Å². The third kappa shape index (κ3) is 3.61. The van der Waals surface area contributed by atoms with Gasteiger partial charge in [0.25, 0.3) is 0 Å². The van der Waals surface area contributed by atoms with Crippen LogP contribution in [0, 0.1) is 6.92 Å². The minimum Gasteiger partial charge on any atom is -0.497 e. The summed E-state index contributed by atoms with van der Waals surface area (Å²) < 4.78 is 5.19. The lowest BCUT2D eigenvalue weighted by molar-refractivity contribution is 0.415. The average molecular weight is 365 g/mol. The van der Waals surface area contributed by atoms with Crippen molar-refractivity contribution in [3.05, 3.63) is 57.4 Å². The maximum absolute atomic E-state index is 6.19. The number of rotatable bonds is 4. The second-order valence-electron chi connectivity index (χ2n) is 4.90. The molecular formula is C17H14Cl2N2OS. The lowest BCUT2D eigenvalue weighted by Gasteiger charge is -2.05. The molecule has 0 amide bonds. The summed E-state index contributed by atoms with van der Waals surface area (Å²) >= 11 is 13.7. The van der Waals surface area contributed by atoms with E-state index in [1.807, 2.05) is 37.3 Å². The molecule has 23 heavy (non-hydrogen) atoms. The van der Waals surface area contributed by atoms with Crippen molar-refractivity contribution in [3.8, 4) is 17.0 Å². The molecule has 0 aliphatic rings. The summed E-state index contributed by atoms with van der Waals surface area (Å²) in [5.41, 5.74) is 2.78. The van der Waals surface area contributed by atoms with Crippen molar-refractivity contribution in [2.75, 3.05) is 12.4 Å². The Kier molecular flexibility index (Phi) is 4.76. The van der Waals surface area contributed by atoms with E-state index < -0.39 is 0 Å². The fourth-order valence-corrected chi connectivity index (χ4v) is 3.48. The molecule has 0 aliphatic heterocycles. The largest absolute Gasteiger partial charge is 0.497 e. The molecule has 2 aromatic carbocycles. The molecule has 0 spiro atoms. The van der Waals surface area contributed by atoms with E-state index in [1.54, 1.807) is 30.6 Å². The van der Waals surface area contributed by atoms with Gasteiger partial charge in [0.1, 0.15) is 5.75 Å². The molecule has 0 fully saturated rings. The Morgan fingerprint density at radius 2 is 1.83 bits per heavy atom. The minimum absolute atomic E-state index is 0.566. The minimum atomic E-state index is 0.566. The molecule has 0 unspecified atom stereocenters. The Bertz CT molecular complexity index is 831. The second kappa shape index (κ2) is 6.79. The molecule has 3 nitrogen and oxygen atoms in total. The van der Waals surface area contributed by atoms with E-state index in [1.165, 1.54) is 0 Å². The molecule has 3 rings (SSSR count). The summed E-state index contributed by atoms with van der Waals surface area (Å²) in [6.45, 7) is 2.05. The number of nitrogens with one attached hydrogen (secondary N) is 1. The zero-order chi connectivity index (χ0) is 16.4. The number of methoxy groups -OCH3 is 1. The van der Waals surface area contributed by atoms with Gasteiger partial charge in [-0.25, -0.2) is 4.98 Å². The molecular weight excluding hydrogens is 351 g/mol. The Morgan fingerprint density at radius 1 is 1.09 bits per heavy atom. The number of thiazole rings is 1. The molecule has 1 heterocycles. The van der Waals surface area contributed by atoms with E-state index in [4.69, 9.17) is 27.9 Å². The summed E-state index contributed by atoms with van der Waals surface area (Å²) in [6, 6.07) is 13.2. The highest BCUT2D eigenvalue weighted by molar-refractivity contribution is 7.16. The predicted octanol–water partition coefficient (Wildman–Crippen LogP) is 6.18. The van der Waals surface area contributed by atoms with Gasteiger partial charge >= 0.3 is 0 Å². The van der Waals surface area contributed by atoms with E-state index in [9.17, 15) is 0 Å². The summed E-state index contributed by atoms with van der Waals surface area (Å²) in [7, 11) is 1.65. The molecule has 3 aromatic rings. The monoisotopic (exact) mass is 364 g/mol. The second-order valence-corrected chi connectivity index (χ2v) is 6.95. The number of benzene rings is 2. The van der Waals surface area contributed by atoms with Crippen molar-refractivity contribution in [1.82, 2.24) is 4.98 Å². The Labute approximate surface area is 148 Å². The van der Waals surface area contributed by atoms with Gasteiger partial charge in [-0.05, 0) is 49.4 Å². The normalized spacial score (nSPS) is 10.6. The lowest BCUT2D eigenvalue weighted by atomic mass is 10.1. The van der Waals surface area contributed by atoms with Crippen molar-refractivity contribution in [1.29, 1.82) is 0 Å². The van der Waals surface area contributed by atoms with Gasteiger partial charge in [-0.1, -0.05) is 23.2 Å². The summed E-state index contributed by atoms with van der Waals surface area (Å²) in [5.74, 6) is 0.827. The van der Waals surface area contributed by atoms with Crippen LogP contribution in [-0.2, 0) is 0 Å². The molecule has 0 saturated carbocycles. The standard InChI is InChI=1S/C17H14Cl2N2OS/c1-10-16(11-3-6-13(22-2)7-4-11)21-17(23-10)20-15-8-5-12(18)9-14(15)19/h3-9H,1-2H3,(H,20,21). The third-order valence-corrected chi connectivity index (χ3v) is 4.77. The molecule has 118 valence electrons. The van der Waals surface area contributed by atoms with Crippen LogP contribution >= 0.6 is 34.5 Å². The molecule has 0 saturated heterocycles. The molecule has 6 heteroatoms. The highest BCUT2D eigenvalue weighted by atomic mass is 35.5. The van der Waals surface area contributed by atoms with Crippen molar-refractivity contribution >= 4 is 45.4 Å². The van der Waals surface area contributed by atoms with Crippen molar-refractivity contribution in [2.24, 2.45) is 0 Å². The van der Waals surface area contributed by atoms with Gasteiger partial charge in [0.15, 0.2) is 5.13 Å². The van der Waals surface area contributed by atoms with Crippen LogP contribution in [0.5, 0.6) is 5.75 Å². The zero-order valence-electron chi connectivity index (χ0n) is 12.6. The molecule has 0 aliphatic carbocycles. The number of hydrogen-bond donors (Lipinski definition) is 1. The summed E-state index contributed by atoms with van der Waals surface area (Å²) in [6.07, 6.45) is 0. The first-order valence-corrected chi connectivity index (χ1v) is 8.48. The van der Waals surface area contributed by atoms with Gasteiger partial charge in [0.2, 0.25) is 0 Å². The van der Waals surface area contributed by atoms with Crippen LogP contribution in [0.25, 0.3) is 11.3 Å². The molecule has 0 atom stereocenters. The molecule has 0 radical (unpaired) electrons. The lowest BCUT2D eigenvalue weighted by Crippen LogP contribution is -1.90. The van der Waals surface area contributed by atoms with Crippen molar-refractivity contribution < 1.29 is 4.74 Å². The molecule has 1 aromatic heterocycles. The topological polar surface area (TPSA) is 34.1 Å². The van der Waals surface area contributed by atoms with Crippen molar-refractivity contribution in [3.63, 3.8) is 0 Å². The fourth-order valence-electron chi connectivity index (χ4n) is 2.17. The van der Waals surface area contributed by atoms with Gasteiger partial charge in [-0.15, -0.1) is 11.3 Å². The van der Waals surface area contributed by atoms with Gasteiger partial charge in [0.05, 0.1) is 23.5 Å². The maximum atomic E-state index is 6.19. The number of nitrogens with zero attached hydrogens (tertiary/aromatic N) is 1. The first kappa shape index (κ1) is 16.1. The number of halogens is 2. The SMILES string of the molecule is COc1ccc(-c2nc(Nc3ccc(Cl)cc3Cl)sc2C)cc1. The first-order valence-electron chi connectivity index (χ1n) is 6.91. The maximum Gasteiger partial charge on any atom is 0.188 e. The third-order valence-electron chi connectivity index (χ3n) is 3.33. The van der Waals surface area contributed by atoms with Crippen LogP contribution in [0.15, 0.2) is 42.5 Å². The van der Waals surface area contributed by atoms with Gasteiger partial charge in [0, 0.05) is 15.5 Å². The average Bonchev–Trinajstić information content (AvgIpc) is 2.91. The van der Waals surface area contributed by atoms with E-state index in [0.717, 1.165) is 32.7 Å². The van der Waals surface area contributed by atoms with Crippen LogP contribution in [0.3, 0.4) is 0 Å². The smallest absolute Gasteiger partial charge is 0.188 e. The molecule has 1 N–H and O–H groups in total. The van der Waals surface area contributed by atoms with Crippen LogP contribution in [0.1, 0.15) is 4.88 Å². The van der Waals surface area contributed by atoms with Gasteiger partial charge in [-0.3, -0.25) is 0 Å². The predicted molar refractivity (Wildman–Crippen MR) is 98.6 cm³/mol. The van der Waals surface area contributed by atoms with E-state index >= 15 is 0 Å². The fraction of sp³-hybridized carbons (Fsp3) is 0.118. The number of aromatic nitrogens is 1. The van der Waals surface area contributed by atoms with E-state index in [2.05, 4.69) is 10.3 Å². The number of hydrogen-bond acceptors (Lipinski definition) is 4. The molecule has 0 bridgehead atoms. The number of aryl methyl sites for hydroxylation is 1. The van der Waals surface area contributed by atoms with Crippen molar-refractivity contribution in [2.45, 2.75) is 6.92 Å². The zero-order valence-corrected chi connectivity index (χ0v) is 14.9. The first-order chi connectivity index (χ1) is 11.1. The van der Waals surface area contributed by atoms with Crippen LogP contribution in [0.4, 0.5) is 10.8 Å². The van der Waals surface area contributed by atoms with E-state index in [0.29, 0.717) is 10.0 Å².